The first kappa shape index (κ1) is 34.9. The molecule has 1 aromatic carbocycles. The van der Waals surface area contributed by atoms with Crippen molar-refractivity contribution in [1.29, 1.82) is 0 Å². The van der Waals surface area contributed by atoms with Crippen molar-refractivity contribution in [2.75, 3.05) is 6.61 Å². The van der Waals surface area contributed by atoms with Gasteiger partial charge < -0.3 is 29.8 Å². The van der Waals surface area contributed by atoms with Gasteiger partial charge in [0.1, 0.15) is 11.6 Å². The van der Waals surface area contributed by atoms with E-state index in [0.717, 1.165) is 12.8 Å². The highest BCUT2D eigenvalue weighted by Crippen LogP contribution is 2.32. The largest absolute Gasteiger partial charge is 0.508 e. The zero-order valence-corrected chi connectivity index (χ0v) is 24.8. The van der Waals surface area contributed by atoms with Crippen LogP contribution in [0.3, 0.4) is 0 Å². The first-order valence-electron chi connectivity index (χ1n) is 14.2. The Hall–Kier alpha value is -3.14. The second-order valence-corrected chi connectivity index (χ2v) is 11.2. The fraction of sp³-hybridized carbons (Fsp3) is 0.667. The van der Waals surface area contributed by atoms with E-state index >= 15 is 0 Å². The normalized spacial score (nSPS) is 13.4. The van der Waals surface area contributed by atoms with Gasteiger partial charge in [-0.3, -0.25) is 14.4 Å². The molecule has 10 nitrogen and oxygen atoms in total. The molecule has 0 fully saturated rings. The van der Waals surface area contributed by atoms with Crippen LogP contribution < -0.4 is 15.2 Å². The summed E-state index contributed by atoms with van der Waals surface area (Å²) in [5, 5.41) is 9.94. The number of hydrogen-bond donors (Lipinski definition) is 2. The predicted octanol–water partition coefficient (Wildman–Crippen LogP) is 5.82. The van der Waals surface area contributed by atoms with Crippen LogP contribution in [-0.2, 0) is 30.3 Å². The lowest BCUT2D eigenvalue weighted by atomic mass is 9.86. The van der Waals surface area contributed by atoms with E-state index in [-0.39, 0.29) is 43.8 Å². The van der Waals surface area contributed by atoms with E-state index in [9.17, 15) is 24.3 Å². The molecular weight excluding hydrogens is 518 g/mol. The fourth-order valence-electron chi connectivity index (χ4n) is 3.85. The van der Waals surface area contributed by atoms with Crippen LogP contribution in [0.1, 0.15) is 98.5 Å². The van der Waals surface area contributed by atoms with Crippen molar-refractivity contribution < 1.29 is 43.2 Å². The quantitative estimate of drug-likeness (QED) is 0.127. The average Bonchev–Trinajstić information content (AvgIpc) is 2.85. The summed E-state index contributed by atoms with van der Waals surface area (Å²) in [5.74, 6) is -1.58. The highest BCUT2D eigenvalue weighted by atomic mass is 16.7. The Labute approximate surface area is 237 Å². The van der Waals surface area contributed by atoms with E-state index in [4.69, 9.17) is 24.7 Å². The Morgan fingerprint density at radius 3 is 2.00 bits per heavy atom. The SMILES string of the molecule is CCCCCOC(=O)O[C@@H](C)CC(N)(Cc1ccc(OC(=O)CCC(C)C)c(OC(=O)CCC(C)C)c1)C(=O)O. The van der Waals surface area contributed by atoms with Gasteiger partial charge in [0.05, 0.1) is 6.61 Å². The number of carboxylic acid groups (broad SMARTS) is 1. The van der Waals surface area contributed by atoms with E-state index in [1.165, 1.54) is 12.1 Å². The Kier molecular flexibility index (Phi) is 15.3. The van der Waals surface area contributed by atoms with Crippen molar-refractivity contribution >= 4 is 24.1 Å². The maximum Gasteiger partial charge on any atom is 0.508 e. The van der Waals surface area contributed by atoms with Crippen molar-refractivity contribution in [1.82, 2.24) is 0 Å². The first-order valence-corrected chi connectivity index (χ1v) is 14.2. The van der Waals surface area contributed by atoms with Crippen LogP contribution in [0.25, 0.3) is 0 Å². The molecule has 0 saturated heterocycles. The highest BCUT2D eigenvalue weighted by molar-refractivity contribution is 5.79. The molecular formula is C30H47NO9. The minimum absolute atomic E-state index is 0.0110. The molecule has 2 atom stereocenters. The Morgan fingerprint density at radius 1 is 0.900 bits per heavy atom. The topological polar surface area (TPSA) is 151 Å². The molecule has 40 heavy (non-hydrogen) atoms. The smallest absolute Gasteiger partial charge is 0.480 e. The number of nitrogens with two attached hydrogens (primary N) is 1. The molecule has 0 aliphatic carbocycles. The molecule has 1 rings (SSSR count). The molecule has 0 aromatic heterocycles. The lowest BCUT2D eigenvalue weighted by Crippen LogP contribution is -2.52. The minimum Gasteiger partial charge on any atom is -0.480 e. The van der Waals surface area contributed by atoms with Gasteiger partial charge in [0.25, 0.3) is 0 Å². The second kappa shape index (κ2) is 17.5. The molecule has 0 heterocycles. The number of ether oxygens (including phenoxy) is 4. The van der Waals surface area contributed by atoms with Gasteiger partial charge in [-0.15, -0.1) is 0 Å². The summed E-state index contributed by atoms with van der Waals surface area (Å²) in [4.78, 5) is 49.0. The Bertz CT molecular complexity index is 976. The third-order valence-corrected chi connectivity index (χ3v) is 6.17. The molecule has 1 aromatic rings. The van der Waals surface area contributed by atoms with Crippen LogP contribution in [0.4, 0.5) is 4.79 Å². The lowest BCUT2D eigenvalue weighted by Gasteiger charge is -2.28. The molecule has 0 aliphatic rings. The second-order valence-electron chi connectivity index (χ2n) is 11.2. The molecule has 0 aliphatic heterocycles. The molecule has 0 amide bonds. The molecule has 0 radical (unpaired) electrons. The average molecular weight is 566 g/mol. The first-order chi connectivity index (χ1) is 18.7. The van der Waals surface area contributed by atoms with Crippen LogP contribution in [0.2, 0.25) is 0 Å². The zero-order chi connectivity index (χ0) is 30.3. The maximum atomic E-state index is 12.5. The summed E-state index contributed by atoms with van der Waals surface area (Å²) in [7, 11) is 0. The molecule has 226 valence electrons. The summed E-state index contributed by atoms with van der Waals surface area (Å²) >= 11 is 0. The van der Waals surface area contributed by atoms with Gasteiger partial charge in [-0.05, 0) is 55.7 Å². The monoisotopic (exact) mass is 565 g/mol. The molecule has 0 saturated carbocycles. The summed E-state index contributed by atoms with van der Waals surface area (Å²) in [5.41, 5.74) is 4.91. The maximum absolute atomic E-state index is 12.5. The molecule has 0 spiro atoms. The van der Waals surface area contributed by atoms with Crippen LogP contribution in [0.5, 0.6) is 11.5 Å². The van der Waals surface area contributed by atoms with Crippen LogP contribution in [-0.4, -0.2) is 47.4 Å². The lowest BCUT2D eigenvalue weighted by molar-refractivity contribution is -0.144. The number of unbranched alkanes of at least 4 members (excludes halogenated alkanes) is 2. The van der Waals surface area contributed by atoms with E-state index < -0.39 is 35.7 Å². The third kappa shape index (κ3) is 13.8. The van der Waals surface area contributed by atoms with Crippen molar-refractivity contribution in [2.24, 2.45) is 17.6 Å². The fourth-order valence-corrected chi connectivity index (χ4v) is 3.85. The highest BCUT2D eigenvalue weighted by Gasteiger charge is 2.37. The van der Waals surface area contributed by atoms with Gasteiger partial charge in [-0.25, -0.2) is 4.79 Å². The third-order valence-electron chi connectivity index (χ3n) is 6.17. The molecule has 3 N–H and O–H groups in total. The van der Waals surface area contributed by atoms with Crippen molar-refractivity contribution in [2.45, 2.75) is 111 Å². The number of aliphatic carboxylic acids is 1. The zero-order valence-electron chi connectivity index (χ0n) is 24.8. The predicted molar refractivity (Wildman–Crippen MR) is 150 cm³/mol. The standard InChI is InChI=1S/C30H47NO9/c1-7-8-9-16-37-29(36)38-22(6)18-30(31,28(34)35)19-23-12-13-24(39-26(32)14-10-20(2)3)25(17-23)40-27(33)15-11-21(4)5/h12-13,17,20-22H,7-11,14-16,18-19,31H2,1-6H3,(H,34,35)/t22-,30?/m0/s1. The van der Waals surface area contributed by atoms with Gasteiger partial charge in [0, 0.05) is 25.7 Å². The van der Waals surface area contributed by atoms with Crippen molar-refractivity contribution in [3.8, 4) is 11.5 Å². The number of hydrogen-bond acceptors (Lipinski definition) is 9. The number of rotatable bonds is 18. The number of benzene rings is 1. The number of carboxylic acids is 1. The number of carbonyl (C=O) groups is 4. The van der Waals surface area contributed by atoms with Crippen molar-refractivity contribution in [3.05, 3.63) is 23.8 Å². The van der Waals surface area contributed by atoms with Gasteiger partial charge in [0.2, 0.25) is 0 Å². The van der Waals surface area contributed by atoms with Crippen LogP contribution >= 0.6 is 0 Å². The van der Waals surface area contributed by atoms with Gasteiger partial charge in [0.15, 0.2) is 11.5 Å². The molecule has 1 unspecified atom stereocenters. The van der Waals surface area contributed by atoms with Crippen LogP contribution in [0, 0.1) is 11.8 Å². The Balaban J connectivity index is 3.07. The van der Waals surface area contributed by atoms with Gasteiger partial charge in [-0.2, -0.15) is 0 Å². The summed E-state index contributed by atoms with van der Waals surface area (Å²) < 4.78 is 21.3. The summed E-state index contributed by atoms with van der Waals surface area (Å²) in [6.45, 7) is 11.8. The van der Waals surface area contributed by atoms with E-state index in [1.807, 2.05) is 34.6 Å². The van der Waals surface area contributed by atoms with Gasteiger partial charge >= 0.3 is 24.1 Å². The molecule has 10 heteroatoms. The number of esters is 2. The molecule has 0 bridgehead atoms. The Morgan fingerprint density at radius 2 is 1.48 bits per heavy atom. The van der Waals surface area contributed by atoms with E-state index in [2.05, 4.69) is 0 Å². The van der Waals surface area contributed by atoms with Crippen molar-refractivity contribution in [3.63, 3.8) is 0 Å². The van der Waals surface area contributed by atoms with Crippen LogP contribution in [0.15, 0.2) is 18.2 Å². The number of carbonyl (C=O) groups excluding carboxylic acids is 3. The van der Waals surface area contributed by atoms with Gasteiger partial charge in [-0.1, -0.05) is 53.5 Å². The summed E-state index contributed by atoms with van der Waals surface area (Å²) in [6.07, 6.45) is 2.15. The minimum atomic E-state index is -1.81. The van der Waals surface area contributed by atoms with E-state index in [1.54, 1.807) is 13.0 Å². The van der Waals surface area contributed by atoms with E-state index in [0.29, 0.717) is 36.7 Å². The summed E-state index contributed by atoms with van der Waals surface area (Å²) in [6, 6.07) is 4.48.